The molecule has 28 heavy (non-hydrogen) atoms. The molecule has 9 heteroatoms. The predicted octanol–water partition coefficient (Wildman–Crippen LogP) is 3.93. The third-order valence-electron chi connectivity index (χ3n) is 3.59. The Labute approximate surface area is 174 Å². The predicted molar refractivity (Wildman–Crippen MR) is 110 cm³/mol. The smallest absolute Gasteiger partial charge is 0.341 e. The zero-order valence-electron chi connectivity index (χ0n) is 15.0. The Morgan fingerprint density at radius 2 is 1.86 bits per heavy atom. The number of ether oxygens (including phenoxy) is 1. The Kier molecular flexibility index (Phi) is 7.88. The summed E-state index contributed by atoms with van der Waals surface area (Å²) in [5, 5.41) is 9.67. The van der Waals surface area contributed by atoms with Crippen LogP contribution in [0.2, 0.25) is 10.0 Å². The van der Waals surface area contributed by atoms with Crippen LogP contribution in [0.5, 0.6) is 5.75 Å². The molecule has 2 aromatic rings. The van der Waals surface area contributed by atoms with Gasteiger partial charge in [-0.3, -0.25) is 0 Å². The molecule has 0 fully saturated rings. The fourth-order valence-corrected chi connectivity index (χ4v) is 3.66. The number of rotatable bonds is 9. The molecule has 0 aromatic heterocycles. The van der Waals surface area contributed by atoms with Crippen molar-refractivity contribution in [2.45, 2.75) is 6.54 Å². The van der Waals surface area contributed by atoms with Gasteiger partial charge in [-0.1, -0.05) is 47.5 Å². The molecular weight excluding hydrogens is 425 g/mol. The molecule has 0 aliphatic rings. The van der Waals surface area contributed by atoms with Crippen molar-refractivity contribution in [2.75, 3.05) is 19.4 Å². The van der Waals surface area contributed by atoms with Crippen LogP contribution in [-0.2, 0) is 21.4 Å². The Morgan fingerprint density at radius 1 is 1.18 bits per heavy atom. The van der Waals surface area contributed by atoms with Crippen LogP contribution in [0, 0.1) is 0 Å². The summed E-state index contributed by atoms with van der Waals surface area (Å²) in [4.78, 5) is 10.6. The number of carbonyl (C=O) groups is 1. The van der Waals surface area contributed by atoms with E-state index in [1.807, 2.05) is 0 Å². The number of benzene rings is 2. The number of sulfonamides is 1. The Balaban J connectivity index is 2.11. The van der Waals surface area contributed by atoms with Crippen molar-refractivity contribution in [1.29, 1.82) is 0 Å². The van der Waals surface area contributed by atoms with Gasteiger partial charge in [0.1, 0.15) is 5.75 Å². The highest BCUT2D eigenvalue weighted by atomic mass is 35.5. The van der Waals surface area contributed by atoms with E-state index in [4.69, 9.17) is 33.0 Å². The summed E-state index contributed by atoms with van der Waals surface area (Å²) in [5.41, 5.74) is 1.43. The van der Waals surface area contributed by atoms with Gasteiger partial charge in [0.15, 0.2) is 6.61 Å². The van der Waals surface area contributed by atoms with Gasteiger partial charge in [-0.25, -0.2) is 13.2 Å². The minimum Gasteiger partial charge on any atom is -0.482 e. The third-order valence-corrected chi connectivity index (χ3v) is 5.25. The van der Waals surface area contributed by atoms with Gasteiger partial charge < -0.3 is 9.84 Å². The first-order valence-corrected chi connectivity index (χ1v) is 10.8. The van der Waals surface area contributed by atoms with Crippen LogP contribution in [0.1, 0.15) is 11.1 Å². The molecule has 0 unspecified atom stereocenters. The Hall–Kier alpha value is -2.06. The zero-order valence-corrected chi connectivity index (χ0v) is 17.3. The van der Waals surface area contributed by atoms with E-state index in [1.165, 1.54) is 4.31 Å². The highest BCUT2D eigenvalue weighted by molar-refractivity contribution is 7.88. The van der Waals surface area contributed by atoms with Crippen LogP contribution in [0.25, 0.3) is 6.08 Å². The van der Waals surface area contributed by atoms with Crippen LogP contribution in [0.4, 0.5) is 0 Å². The van der Waals surface area contributed by atoms with Crippen molar-refractivity contribution in [3.8, 4) is 5.75 Å². The first-order valence-electron chi connectivity index (χ1n) is 8.15. The summed E-state index contributed by atoms with van der Waals surface area (Å²) in [6.07, 6.45) is 4.57. The van der Waals surface area contributed by atoms with Crippen molar-refractivity contribution in [2.24, 2.45) is 0 Å². The lowest BCUT2D eigenvalue weighted by molar-refractivity contribution is -0.139. The number of aliphatic carboxylic acids is 1. The van der Waals surface area contributed by atoms with Crippen LogP contribution >= 0.6 is 23.2 Å². The maximum Gasteiger partial charge on any atom is 0.341 e. The zero-order chi connectivity index (χ0) is 20.7. The number of carboxylic acids is 1. The van der Waals surface area contributed by atoms with E-state index in [2.05, 4.69) is 0 Å². The fourth-order valence-electron chi connectivity index (χ4n) is 2.38. The molecule has 0 saturated heterocycles. The van der Waals surface area contributed by atoms with Crippen LogP contribution in [0.3, 0.4) is 0 Å². The molecule has 0 bridgehead atoms. The van der Waals surface area contributed by atoms with Gasteiger partial charge in [0.25, 0.3) is 0 Å². The summed E-state index contributed by atoms with van der Waals surface area (Å²) in [6, 6.07) is 11.7. The van der Waals surface area contributed by atoms with E-state index < -0.39 is 22.6 Å². The lowest BCUT2D eigenvalue weighted by atomic mass is 10.2. The number of hydrogen-bond acceptors (Lipinski definition) is 4. The molecule has 0 aliphatic heterocycles. The van der Waals surface area contributed by atoms with Crippen molar-refractivity contribution in [1.82, 2.24) is 4.31 Å². The van der Waals surface area contributed by atoms with Crippen molar-refractivity contribution >= 4 is 45.3 Å². The average Bonchev–Trinajstić information content (AvgIpc) is 2.58. The number of halogens is 2. The quantitative estimate of drug-likeness (QED) is 0.634. The summed E-state index contributed by atoms with van der Waals surface area (Å²) in [6.45, 7) is -0.211. The average molecular weight is 444 g/mol. The molecule has 150 valence electrons. The van der Waals surface area contributed by atoms with Crippen LogP contribution in [0.15, 0.2) is 48.5 Å². The van der Waals surface area contributed by atoms with Gasteiger partial charge in [-0.05, 0) is 41.5 Å². The summed E-state index contributed by atoms with van der Waals surface area (Å²) >= 11 is 11.9. The van der Waals surface area contributed by atoms with E-state index in [-0.39, 0.29) is 13.1 Å². The lowest BCUT2D eigenvalue weighted by Crippen LogP contribution is -2.29. The number of hydrogen-bond donors (Lipinski definition) is 1. The maximum atomic E-state index is 12.1. The first kappa shape index (κ1) is 22.2. The summed E-state index contributed by atoms with van der Waals surface area (Å²) in [7, 11) is -3.48. The number of carboxylic acid groups (broad SMARTS) is 1. The Morgan fingerprint density at radius 3 is 2.46 bits per heavy atom. The van der Waals surface area contributed by atoms with Crippen molar-refractivity contribution < 1.29 is 23.1 Å². The lowest BCUT2D eigenvalue weighted by Gasteiger charge is -2.18. The first-order chi connectivity index (χ1) is 13.1. The molecule has 0 radical (unpaired) electrons. The van der Waals surface area contributed by atoms with E-state index in [9.17, 15) is 13.2 Å². The standard InChI is InChI=1S/C19H19Cl2NO5S/c1-28(25,26)22(7-3-5-14-8-16(20)11-17(21)9-14)12-15-4-2-6-18(10-15)27-13-19(23)24/h2-6,8-11H,7,12-13H2,1H3,(H,23,24)/b5-3+. The minimum atomic E-state index is -3.48. The molecule has 6 nitrogen and oxygen atoms in total. The molecule has 0 saturated carbocycles. The van der Waals surface area contributed by atoms with Crippen molar-refractivity contribution in [3.05, 3.63) is 69.7 Å². The number of nitrogens with zero attached hydrogens (tertiary/aromatic N) is 1. The van der Waals surface area contributed by atoms with Gasteiger partial charge in [0, 0.05) is 23.1 Å². The molecule has 2 rings (SSSR count). The molecule has 2 aromatic carbocycles. The van der Waals surface area contributed by atoms with Crippen LogP contribution < -0.4 is 4.74 Å². The van der Waals surface area contributed by atoms with E-state index in [1.54, 1.807) is 54.6 Å². The van der Waals surface area contributed by atoms with Crippen LogP contribution in [-0.4, -0.2) is 43.2 Å². The SMILES string of the molecule is CS(=O)(=O)N(C/C=C/c1cc(Cl)cc(Cl)c1)Cc1cccc(OCC(=O)O)c1. The highest BCUT2D eigenvalue weighted by Crippen LogP contribution is 2.20. The maximum absolute atomic E-state index is 12.1. The molecule has 1 N–H and O–H groups in total. The topological polar surface area (TPSA) is 83.9 Å². The fraction of sp³-hybridized carbons (Fsp3) is 0.211. The van der Waals surface area contributed by atoms with Gasteiger partial charge in [0.2, 0.25) is 10.0 Å². The molecule has 0 amide bonds. The third kappa shape index (κ3) is 7.52. The van der Waals surface area contributed by atoms with Gasteiger partial charge >= 0.3 is 5.97 Å². The largest absolute Gasteiger partial charge is 0.482 e. The second kappa shape index (κ2) is 9.93. The van der Waals surface area contributed by atoms with E-state index in [0.717, 1.165) is 11.8 Å². The second-order valence-electron chi connectivity index (χ2n) is 5.99. The highest BCUT2D eigenvalue weighted by Gasteiger charge is 2.16. The summed E-state index contributed by atoms with van der Waals surface area (Å²) < 4.78 is 30.7. The summed E-state index contributed by atoms with van der Waals surface area (Å²) in [5.74, 6) is -0.730. The molecule has 0 heterocycles. The Bertz CT molecular complexity index is 956. The molecule has 0 spiro atoms. The van der Waals surface area contributed by atoms with Gasteiger partial charge in [-0.15, -0.1) is 0 Å². The van der Waals surface area contributed by atoms with Gasteiger partial charge in [-0.2, -0.15) is 4.31 Å². The monoisotopic (exact) mass is 443 g/mol. The van der Waals surface area contributed by atoms with Crippen molar-refractivity contribution in [3.63, 3.8) is 0 Å². The van der Waals surface area contributed by atoms with E-state index >= 15 is 0 Å². The molecule has 0 atom stereocenters. The second-order valence-corrected chi connectivity index (χ2v) is 8.85. The van der Waals surface area contributed by atoms with Gasteiger partial charge in [0.05, 0.1) is 6.26 Å². The normalized spacial score (nSPS) is 11.9. The molecule has 0 aliphatic carbocycles. The molecular formula is C19H19Cl2NO5S. The van der Waals surface area contributed by atoms with E-state index in [0.29, 0.717) is 21.4 Å². The minimum absolute atomic E-state index is 0.115.